The minimum atomic E-state index is 1.18. The molecule has 2 nitrogen and oxygen atoms in total. The van der Waals surface area contributed by atoms with E-state index in [2.05, 4.69) is 42.3 Å². The highest BCUT2D eigenvalue weighted by atomic mass is 15.1. The zero-order chi connectivity index (χ0) is 26.7. The smallest absolute Gasteiger partial charge is 0.234 e. The zero-order valence-corrected chi connectivity index (χ0v) is 26.1. The van der Waals surface area contributed by atoms with Crippen molar-refractivity contribution in [3.63, 3.8) is 0 Å². The van der Waals surface area contributed by atoms with Gasteiger partial charge in [0.1, 0.15) is 12.4 Å². The Morgan fingerprint density at radius 1 is 0.459 bits per heavy atom. The molecule has 1 heterocycles. The molecular weight excluding hydrogens is 448 g/mol. The van der Waals surface area contributed by atoms with Crippen LogP contribution in [0.5, 0.6) is 0 Å². The molecule has 1 rings (SSSR count). The molecule has 1 aromatic rings. The van der Waals surface area contributed by atoms with Gasteiger partial charge in [-0.25, -0.2) is 9.13 Å². The number of hydrogen-bond donors (Lipinski definition) is 0. The van der Waals surface area contributed by atoms with Crippen molar-refractivity contribution in [2.24, 2.45) is 0 Å². The van der Waals surface area contributed by atoms with Crippen molar-refractivity contribution < 1.29 is 4.57 Å². The first-order chi connectivity index (χ1) is 18.3. The van der Waals surface area contributed by atoms with Crippen LogP contribution in [0.2, 0.25) is 0 Å². The first-order valence-corrected chi connectivity index (χ1v) is 17.4. The third-order valence-electron chi connectivity index (χ3n) is 8.31. The van der Waals surface area contributed by atoms with Crippen LogP contribution < -0.4 is 4.57 Å². The van der Waals surface area contributed by atoms with Gasteiger partial charge >= 0.3 is 0 Å². The summed E-state index contributed by atoms with van der Waals surface area (Å²) in [6.07, 6.45) is 43.1. The van der Waals surface area contributed by atoms with Crippen LogP contribution in [0.1, 0.15) is 194 Å². The van der Waals surface area contributed by atoms with Gasteiger partial charge in [0.2, 0.25) is 0 Å². The summed E-state index contributed by atoms with van der Waals surface area (Å²) in [7, 11) is 0. The number of rotatable bonds is 29. The minimum Gasteiger partial charge on any atom is -0.234 e. The summed E-state index contributed by atoms with van der Waals surface area (Å²) >= 11 is 0. The Labute approximate surface area is 234 Å². The zero-order valence-electron chi connectivity index (χ0n) is 26.1. The van der Waals surface area contributed by atoms with E-state index < -0.39 is 0 Å². The maximum atomic E-state index is 2.59. The van der Waals surface area contributed by atoms with E-state index >= 15 is 0 Å². The topological polar surface area (TPSA) is 8.81 Å². The van der Waals surface area contributed by atoms with Gasteiger partial charge in [0.15, 0.2) is 0 Å². The molecule has 218 valence electrons. The molecule has 0 N–H and O–H groups in total. The molecule has 2 heteroatoms. The van der Waals surface area contributed by atoms with Gasteiger partial charge in [-0.05, 0) is 25.7 Å². The van der Waals surface area contributed by atoms with E-state index in [4.69, 9.17) is 0 Å². The molecule has 37 heavy (non-hydrogen) atoms. The monoisotopic (exact) mass is 518 g/mol. The molecule has 0 aliphatic carbocycles. The maximum absolute atomic E-state index is 2.59. The molecule has 0 spiro atoms. The van der Waals surface area contributed by atoms with E-state index in [1.54, 1.807) is 5.82 Å². The predicted octanol–water partition coefficient (Wildman–Crippen LogP) is 11.5. The lowest BCUT2D eigenvalue weighted by atomic mass is 10.0. The third kappa shape index (κ3) is 19.9. The van der Waals surface area contributed by atoms with E-state index in [-0.39, 0.29) is 0 Å². The molecule has 0 aromatic carbocycles. The summed E-state index contributed by atoms with van der Waals surface area (Å²) in [4.78, 5) is 0. The Morgan fingerprint density at radius 2 is 0.838 bits per heavy atom. The highest BCUT2D eigenvalue weighted by Crippen LogP contribution is 2.15. The summed E-state index contributed by atoms with van der Waals surface area (Å²) in [6.45, 7) is 9.32. The van der Waals surface area contributed by atoms with Gasteiger partial charge in [-0.3, -0.25) is 0 Å². The fraction of sp³-hybridized carbons (Fsp3) is 0.914. The first kappa shape index (κ1) is 34.2. The molecule has 0 fully saturated rings. The van der Waals surface area contributed by atoms with E-state index in [0.717, 1.165) is 0 Å². The van der Waals surface area contributed by atoms with E-state index in [1.807, 2.05) is 0 Å². The molecule has 0 amide bonds. The average molecular weight is 518 g/mol. The minimum absolute atomic E-state index is 1.18. The van der Waals surface area contributed by atoms with Crippen molar-refractivity contribution >= 4 is 0 Å². The van der Waals surface area contributed by atoms with Gasteiger partial charge in [0, 0.05) is 6.42 Å². The fourth-order valence-corrected chi connectivity index (χ4v) is 5.86. The van der Waals surface area contributed by atoms with Crippen LogP contribution in [0.3, 0.4) is 0 Å². The molecule has 1 aromatic heterocycles. The lowest BCUT2D eigenvalue weighted by Crippen LogP contribution is -2.37. The van der Waals surface area contributed by atoms with Gasteiger partial charge in [-0.15, -0.1) is 0 Å². The average Bonchev–Trinajstić information content (AvgIpc) is 3.28. The lowest BCUT2D eigenvalue weighted by Gasteiger charge is -2.06. The summed E-state index contributed by atoms with van der Waals surface area (Å²) < 4.78 is 5.13. The summed E-state index contributed by atoms with van der Waals surface area (Å²) in [5.74, 6) is 1.59. The molecule has 0 aliphatic heterocycles. The number of nitrogens with zero attached hydrogens (tertiary/aromatic N) is 2. The number of imidazole rings is 1. The summed E-state index contributed by atoms with van der Waals surface area (Å²) in [5.41, 5.74) is 0. The van der Waals surface area contributed by atoms with Crippen LogP contribution in [0.4, 0.5) is 0 Å². The quantitative estimate of drug-likeness (QED) is 0.0737. The van der Waals surface area contributed by atoms with Crippen molar-refractivity contribution in [1.29, 1.82) is 0 Å². The number of aryl methyl sites for hydroxylation is 2. The van der Waals surface area contributed by atoms with Crippen LogP contribution in [-0.2, 0) is 19.5 Å². The second-order valence-electron chi connectivity index (χ2n) is 12.0. The van der Waals surface area contributed by atoms with Crippen LogP contribution in [0.25, 0.3) is 0 Å². The Morgan fingerprint density at radius 3 is 1.24 bits per heavy atom. The maximum Gasteiger partial charge on any atom is 0.256 e. The molecule has 0 bridgehead atoms. The molecule has 0 saturated heterocycles. The van der Waals surface area contributed by atoms with Crippen molar-refractivity contribution in [2.75, 3.05) is 0 Å². The standard InChI is InChI=1S/C35H69N2/c1-4-7-9-11-13-15-16-17-18-19-20-21-23-25-27-29-32-37-34-33-36(31-6-3)35(37)30-28-26-24-22-14-12-10-8-5-2/h33-34H,4-32H2,1-3H3/q+1. The Hall–Kier alpha value is -0.790. The van der Waals surface area contributed by atoms with E-state index in [9.17, 15) is 0 Å². The van der Waals surface area contributed by atoms with Crippen molar-refractivity contribution in [2.45, 2.75) is 207 Å². The Balaban J connectivity index is 2.04. The molecule has 0 atom stereocenters. The number of hydrogen-bond acceptors (Lipinski definition) is 0. The highest BCUT2D eigenvalue weighted by Gasteiger charge is 2.15. The fourth-order valence-electron chi connectivity index (χ4n) is 5.86. The second kappa shape index (κ2) is 26.8. The molecule has 0 aliphatic rings. The highest BCUT2D eigenvalue weighted by molar-refractivity contribution is 4.84. The lowest BCUT2D eigenvalue weighted by molar-refractivity contribution is -0.704. The van der Waals surface area contributed by atoms with E-state index in [1.165, 1.54) is 186 Å². The number of aromatic nitrogens is 2. The van der Waals surface area contributed by atoms with Gasteiger partial charge in [-0.1, -0.05) is 162 Å². The predicted molar refractivity (Wildman–Crippen MR) is 165 cm³/mol. The first-order valence-electron chi connectivity index (χ1n) is 17.4. The van der Waals surface area contributed by atoms with E-state index in [0.29, 0.717) is 0 Å². The number of unbranched alkanes of at least 4 members (excludes halogenated alkanes) is 23. The van der Waals surface area contributed by atoms with Gasteiger partial charge in [0.05, 0.1) is 13.1 Å². The Kier molecular flexibility index (Phi) is 24.8. The van der Waals surface area contributed by atoms with Crippen molar-refractivity contribution in [1.82, 2.24) is 4.57 Å². The van der Waals surface area contributed by atoms with Crippen molar-refractivity contribution in [3.8, 4) is 0 Å². The van der Waals surface area contributed by atoms with Crippen molar-refractivity contribution in [3.05, 3.63) is 18.2 Å². The second-order valence-corrected chi connectivity index (χ2v) is 12.0. The molecule has 0 saturated carbocycles. The molecular formula is C35H69N2+. The molecule has 0 radical (unpaired) electrons. The molecule has 0 unspecified atom stereocenters. The normalized spacial score (nSPS) is 11.5. The van der Waals surface area contributed by atoms with Gasteiger partial charge < -0.3 is 0 Å². The van der Waals surface area contributed by atoms with Gasteiger partial charge in [-0.2, -0.15) is 0 Å². The van der Waals surface area contributed by atoms with Crippen LogP contribution in [0, 0.1) is 0 Å². The summed E-state index contributed by atoms with van der Waals surface area (Å²) in [6, 6.07) is 0. The van der Waals surface area contributed by atoms with Crippen LogP contribution in [0.15, 0.2) is 12.4 Å². The van der Waals surface area contributed by atoms with Crippen LogP contribution >= 0.6 is 0 Å². The van der Waals surface area contributed by atoms with Crippen LogP contribution in [-0.4, -0.2) is 4.57 Å². The Bertz CT molecular complexity index is 576. The third-order valence-corrected chi connectivity index (χ3v) is 8.31. The largest absolute Gasteiger partial charge is 0.256 e. The summed E-state index contributed by atoms with van der Waals surface area (Å²) in [5, 5.41) is 0. The van der Waals surface area contributed by atoms with Gasteiger partial charge in [0.25, 0.3) is 5.82 Å². The SMILES string of the molecule is CCCCCCCCCCCCCCCCCC[n+]1ccn(CCC)c1CCCCCCCCCCC.